The molecule has 1 atom stereocenters. The molecule has 3 rings (SSSR count). The van der Waals surface area contributed by atoms with Crippen molar-refractivity contribution < 1.29 is 9.59 Å². The third-order valence-corrected chi connectivity index (χ3v) is 4.72. The van der Waals surface area contributed by atoms with Crippen molar-refractivity contribution in [1.29, 1.82) is 0 Å². The molecule has 3 amide bonds. The molecule has 1 heterocycles. The third kappa shape index (κ3) is 4.76. The first-order valence-electron chi connectivity index (χ1n) is 8.78. The molecular weight excluding hydrogens is 350 g/mol. The van der Waals surface area contributed by atoms with Crippen molar-refractivity contribution in [3.05, 3.63) is 65.2 Å². The molecule has 0 spiro atoms. The van der Waals surface area contributed by atoms with Gasteiger partial charge in [0.25, 0.3) is 0 Å². The number of urea groups is 1. The van der Waals surface area contributed by atoms with E-state index in [1.54, 1.807) is 4.90 Å². The minimum absolute atomic E-state index is 0.0975. The molecule has 5 nitrogen and oxygen atoms in total. The molecule has 1 aliphatic heterocycles. The van der Waals surface area contributed by atoms with E-state index < -0.39 is 6.04 Å². The van der Waals surface area contributed by atoms with E-state index in [1.807, 2.05) is 54.6 Å². The van der Waals surface area contributed by atoms with Crippen molar-refractivity contribution in [2.45, 2.75) is 25.3 Å². The molecule has 1 aliphatic rings. The predicted octanol–water partition coefficient (Wildman–Crippen LogP) is 3.70. The van der Waals surface area contributed by atoms with E-state index in [1.165, 1.54) is 0 Å². The van der Waals surface area contributed by atoms with Crippen LogP contribution >= 0.6 is 11.6 Å². The maximum atomic E-state index is 12.5. The number of halogens is 1. The second-order valence-electron chi connectivity index (χ2n) is 6.32. The fourth-order valence-corrected chi connectivity index (χ4v) is 3.22. The Labute approximate surface area is 158 Å². The Kier molecular flexibility index (Phi) is 6.12. The first-order valence-corrected chi connectivity index (χ1v) is 9.16. The van der Waals surface area contributed by atoms with Crippen LogP contribution in [0.1, 0.15) is 18.4 Å². The second-order valence-corrected chi connectivity index (χ2v) is 6.75. The summed E-state index contributed by atoms with van der Waals surface area (Å²) in [6, 6.07) is 16.2. The molecule has 0 radical (unpaired) electrons. The lowest BCUT2D eigenvalue weighted by molar-refractivity contribution is -0.124. The zero-order chi connectivity index (χ0) is 18.4. The first kappa shape index (κ1) is 18.3. The van der Waals surface area contributed by atoms with Gasteiger partial charge in [0.05, 0.1) is 0 Å². The Morgan fingerprint density at radius 2 is 1.81 bits per heavy atom. The van der Waals surface area contributed by atoms with Crippen LogP contribution in [0.3, 0.4) is 0 Å². The summed E-state index contributed by atoms with van der Waals surface area (Å²) in [7, 11) is 0. The molecule has 0 aromatic heterocycles. The fourth-order valence-electron chi connectivity index (χ4n) is 3.10. The summed E-state index contributed by atoms with van der Waals surface area (Å²) in [6.07, 6.45) is 2.25. The van der Waals surface area contributed by atoms with Gasteiger partial charge in [0.2, 0.25) is 5.91 Å². The number of hydrogen-bond donors (Lipinski definition) is 2. The number of hydrogen-bond acceptors (Lipinski definition) is 2. The van der Waals surface area contributed by atoms with Gasteiger partial charge >= 0.3 is 6.03 Å². The van der Waals surface area contributed by atoms with E-state index in [0.29, 0.717) is 24.5 Å². The molecule has 136 valence electrons. The molecular formula is C20H22ClN3O2. The summed E-state index contributed by atoms with van der Waals surface area (Å²) in [6.45, 7) is 1.12. The van der Waals surface area contributed by atoms with Gasteiger partial charge < -0.3 is 15.5 Å². The number of benzene rings is 2. The highest BCUT2D eigenvalue weighted by Gasteiger charge is 2.33. The van der Waals surface area contributed by atoms with Crippen molar-refractivity contribution in [2.24, 2.45) is 0 Å². The fraction of sp³-hybridized carbons (Fsp3) is 0.300. The van der Waals surface area contributed by atoms with Crippen molar-refractivity contribution in [3.8, 4) is 0 Å². The SMILES string of the molecule is O=C(NCCc1ccc(Cl)cc1)C1CCCN1C(=O)Nc1ccccc1. The molecule has 2 N–H and O–H groups in total. The summed E-state index contributed by atoms with van der Waals surface area (Å²) < 4.78 is 0. The molecule has 2 aromatic rings. The average molecular weight is 372 g/mol. The van der Waals surface area contributed by atoms with Crippen LogP contribution in [0.4, 0.5) is 10.5 Å². The van der Waals surface area contributed by atoms with Crippen LogP contribution in [-0.2, 0) is 11.2 Å². The molecule has 1 unspecified atom stereocenters. The van der Waals surface area contributed by atoms with E-state index >= 15 is 0 Å². The molecule has 1 fully saturated rings. The molecule has 1 saturated heterocycles. The predicted molar refractivity (Wildman–Crippen MR) is 103 cm³/mol. The van der Waals surface area contributed by atoms with Crippen LogP contribution in [0.2, 0.25) is 5.02 Å². The summed E-state index contributed by atoms with van der Waals surface area (Å²) in [5.41, 5.74) is 1.84. The zero-order valence-corrected chi connectivity index (χ0v) is 15.2. The number of nitrogens with one attached hydrogen (secondary N) is 2. The molecule has 0 bridgehead atoms. The van der Waals surface area contributed by atoms with Crippen molar-refractivity contribution in [2.75, 3.05) is 18.4 Å². The number of carbonyl (C=O) groups is 2. The molecule has 6 heteroatoms. The number of likely N-dealkylation sites (tertiary alicyclic amines) is 1. The summed E-state index contributed by atoms with van der Waals surface area (Å²) >= 11 is 5.87. The van der Waals surface area contributed by atoms with Gasteiger partial charge in [0.15, 0.2) is 0 Å². The van der Waals surface area contributed by atoms with E-state index in [9.17, 15) is 9.59 Å². The van der Waals surface area contributed by atoms with Crippen molar-refractivity contribution in [1.82, 2.24) is 10.2 Å². The van der Waals surface area contributed by atoms with E-state index in [0.717, 1.165) is 24.1 Å². The number of anilines is 1. The van der Waals surface area contributed by atoms with Gasteiger partial charge in [-0.15, -0.1) is 0 Å². The Bertz CT molecular complexity index is 749. The largest absolute Gasteiger partial charge is 0.354 e. The Balaban J connectivity index is 1.51. The topological polar surface area (TPSA) is 61.4 Å². The smallest absolute Gasteiger partial charge is 0.322 e. The van der Waals surface area contributed by atoms with Crippen molar-refractivity contribution >= 4 is 29.2 Å². The van der Waals surface area contributed by atoms with Crippen LogP contribution in [0.15, 0.2) is 54.6 Å². The number of carbonyl (C=O) groups excluding carboxylic acids is 2. The van der Waals surface area contributed by atoms with Crippen LogP contribution in [0, 0.1) is 0 Å². The minimum atomic E-state index is -0.413. The zero-order valence-electron chi connectivity index (χ0n) is 14.5. The summed E-state index contributed by atoms with van der Waals surface area (Å²) in [5, 5.41) is 6.49. The highest BCUT2D eigenvalue weighted by molar-refractivity contribution is 6.30. The van der Waals surface area contributed by atoms with Gasteiger partial charge in [-0.2, -0.15) is 0 Å². The van der Waals surface area contributed by atoms with Gasteiger partial charge in [-0.25, -0.2) is 4.79 Å². The number of rotatable bonds is 5. The molecule has 26 heavy (non-hydrogen) atoms. The summed E-state index contributed by atoms with van der Waals surface area (Å²) in [5.74, 6) is -0.0975. The van der Waals surface area contributed by atoms with Gasteiger partial charge in [-0.3, -0.25) is 4.79 Å². The monoisotopic (exact) mass is 371 g/mol. The van der Waals surface area contributed by atoms with Crippen LogP contribution in [-0.4, -0.2) is 36.0 Å². The highest BCUT2D eigenvalue weighted by Crippen LogP contribution is 2.19. The normalized spacial score (nSPS) is 16.3. The Morgan fingerprint density at radius 3 is 2.54 bits per heavy atom. The lowest BCUT2D eigenvalue weighted by Gasteiger charge is -2.24. The Morgan fingerprint density at radius 1 is 1.08 bits per heavy atom. The third-order valence-electron chi connectivity index (χ3n) is 4.47. The van der Waals surface area contributed by atoms with Gasteiger partial charge in [0.1, 0.15) is 6.04 Å². The lowest BCUT2D eigenvalue weighted by Crippen LogP contribution is -2.47. The second kappa shape index (κ2) is 8.72. The Hall–Kier alpha value is -2.53. The number of amides is 3. The standard InChI is InChI=1S/C20H22ClN3O2/c21-16-10-8-15(9-11-16)12-13-22-19(25)18-7-4-14-24(18)20(26)23-17-5-2-1-3-6-17/h1-3,5-6,8-11,18H,4,7,12-14H2,(H,22,25)(H,23,26). The van der Waals surface area contributed by atoms with Gasteiger partial charge in [-0.1, -0.05) is 41.9 Å². The quantitative estimate of drug-likeness (QED) is 0.841. The average Bonchev–Trinajstić information content (AvgIpc) is 3.14. The molecule has 2 aromatic carbocycles. The molecule has 0 aliphatic carbocycles. The summed E-state index contributed by atoms with van der Waals surface area (Å²) in [4.78, 5) is 26.6. The van der Waals surface area contributed by atoms with E-state index in [2.05, 4.69) is 10.6 Å². The number of nitrogens with zero attached hydrogens (tertiary/aromatic N) is 1. The minimum Gasteiger partial charge on any atom is -0.354 e. The van der Waals surface area contributed by atoms with Gasteiger partial charge in [-0.05, 0) is 49.1 Å². The highest BCUT2D eigenvalue weighted by atomic mass is 35.5. The maximum absolute atomic E-state index is 12.5. The van der Waals surface area contributed by atoms with Crippen LogP contribution < -0.4 is 10.6 Å². The maximum Gasteiger partial charge on any atom is 0.322 e. The van der Waals surface area contributed by atoms with Crippen LogP contribution in [0.5, 0.6) is 0 Å². The molecule has 0 saturated carbocycles. The van der Waals surface area contributed by atoms with Crippen molar-refractivity contribution in [3.63, 3.8) is 0 Å². The van der Waals surface area contributed by atoms with E-state index in [-0.39, 0.29) is 11.9 Å². The number of para-hydroxylation sites is 1. The first-order chi connectivity index (χ1) is 12.6. The van der Waals surface area contributed by atoms with Gasteiger partial charge in [0, 0.05) is 23.8 Å². The lowest BCUT2D eigenvalue weighted by atomic mass is 10.1. The van der Waals surface area contributed by atoms with Crippen LogP contribution in [0.25, 0.3) is 0 Å². The van der Waals surface area contributed by atoms with E-state index in [4.69, 9.17) is 11.6 Å².